The van der Waals surface area contributed by atoms with E-state index in [9.17, 15) is 19.2 Å². The molecule has 1 aromatic heterocycles. The van der Waals surface area contributed by atoms with Crippen molar-refractivity contribution < 1.29 is 32.7 Å². The van der Waals surface area contributed by atoms with Crippen molar-refractivity contribution in [3.05, 3.63) is 59.8 Å². The fourth-order valence-electron chi connectivity index (χ4n) is 9.54. The van der Waals surface area contributed by atoms with Gasteiger partial charge in [-0.15, -0.1) is 0 Å². The number of amides is 4. The fraction of sp³-hybridized carbons (Fsp3) is 0.545. The molecule has 3 N–H and O–H groups in total. The summed E-state index contributed by atoms with van der Waals surface area (Å²) in [5.41, 5.74) is 3.31. The highest BCUT2D eigenvalue weighted by Gasteiger charge is 2.49. The van der Waals surface area contributed by atoms with Crippen molar-refractivity contribution in [2.24, 2.45) is 11.8 Å². The number of imide groups is 1. The number of methoxy groups -OCH3 is 1. The Morgan fingerprint density at radius 2 is 1.65 bits per heavy atom. The number of nitrogens with one attached hydrogen (secondary N) is 3. The number of nitrogens with zero attached hydrogens (tertiary/aromatic N) is 6. The van der Waals surface area contributed by atoms with Gasteiger partial charge in [-0.05, 0) is 106 Å². The molecule has 4 amide bonds. The maximum atomic E-state index is 15.0. The number of rotatable bonds is 11. The van der Waals surface area contributed by atoms with Crippen molar-refractivity contribution in [3.8, 4) is 5.75 Å². The minimum absolute atomic E-state index is 0.153. The first-order valence-corrected chi connectivity index (χ1v) is 21.4. The molecule has 0 radical (unpaired) electrons. The number of aromatic nitrogens is 2. The lowest BCUT2D eigenvalue weighted by atomic mass is 9.90. The van der Waals surface area contributed by atoms with E-state index in [1.54, 1.807) is 23.1 Å². The minimum atomic E-state index is -3.57. The van der Waals surface area contributed by atoms with E-state index < -0.39 is 18.4 Å². The second-order valence-corrected chi connectivity index (χ2v) is 17.1. The zero-order valence-corrected chi connectivity index (χ0v) is 34.4. The van der Waals surface area contributed by atoms with Crippen LogP contribution < -0.4 is 35.4 Å². The first-order valence-electron chi connectivity index (χ1n) is 21.4. The molecule has 3 aromatic rings. The number of piperidine rings is 3. The van der Waals surface area contributed by atoms with Crippen molar-refractivity contribution in [2.75, 3.05) is 80.0 Å². The van der Waals surface area contributed by atoms with E-state index >= 15 is 8.78 Å². The van der Waals surface area contributed by atoms with Crippen LogP contribution in [0.2, 0.25) is 0 Å². The smallest absolute Gasteiger partial charge is 0.342 e. The Kier molecular flexibility index (Phi) is 12.2. The van der Waals surface area contributed by atoms with E-state index in [1.807, 2.05) is 12.1 Å². The molecule has 1 unspecified atom stereocenters. The number of anilines is 5. The van der Waals surface area contributed by atoms with Crippen molar-refractivity contribution in [2.45, 2.75) is 82.1 Å². The van der Waals surface area contributed by atoms with E-state index in [0.29, 0.717) is 48.2 Å². The van der Waals surface area contributed by atoms with Crippen LogP contribution in [0, 0.1) is 11.8 Å². The zero-order valence-electron chi connectivity index (χ0n) is 34.4. The highest BCUT2D eigenvalue weighted by Crippen LogP contribution is 2.40. The predicted octanol–water partition coefficient (Wildman–Crippen LogP) is 5.47. The van der Waals surface area contributed by atoms with Gasteiger partial charge in [-0.1, -0.05) is 25.0 Å². The summed E-state index contributed by atoms with van der Waals surface area (Å²) in [5, 5.41) is 8.71. The van der Waals surface area contributed by atoms with Gasteiger partial charge in [-0.3, -0.25) is 24.5 Å². The Morgan fingerprint density at radius 1 is 0.933 bits per heavy atom. The van der Waals surface area contributed by atoms with Gasteiger partial charge in [0.15, 0.2) is 5.82 Å². The van der Waals surface area contributed by atoms with Crippen LogP contribution in [-0.4, -0.2) is 110 Å². The standard InChI is InChI=1S/C44H55F2N9O5/c1-52-36-25-48-43(51-39(36)55(33-5-3-4-6-33)27-44(45,46)42(52)59)49-35-13-9-31(23-37(35)60-2)40(57)47-24-28-15-19-53(20-16-28)26-29-17-21-54(22-18-29)32-10-7-30(8-11-32)34-12-14-38(56)50-41(34)58/h7-11,13,23,25,28-29,33-34H,3-6,12,14-22,24,26-27H2,1-2H3,(H,47,57)(H,48,49,51)(H,50,56,58). The summed E-state index contributed by atoms with van der Waals surface area (Å²) in [5.74, 6) is -3.84. The molecule has 320 valence electrons. The predicted molar refractivity (Wildman–Crippen MR) is 224 cm³/mol. The molecule has 2 aromatic carbocycles. The number of fused-ring (bicyclic) bond motifs is 1. The molecule has 0 bridgehead atoms. The topological polar surface area (TPSA) is 152 Å². The lowest BCUT2D eigenvalue weighted by Gasteiger charge is -2.38. The molecule has 60 heavy (non-hydrogen) atoms. The van der Waals surface area contributed by atoms with Crippen LogP contribution in [0.4, 0.5) is 37.6 Å². The Hall–Kier alpha value is -5.38. The zero-order chi connectivity index (χ0) is 42.0. The number of benzene rings is 2. The first-order chi connectivity index (χ1) is 28.9. The van der Waals surface area contributed by atoms with Gasteiger partial charge < -0.3 is 35.0 Å². The lowest BCUT2D eigenvalue weighted by Crippen LogP contribution is -2.48. The highest BCUT2D eigenvalue weighted by atomic mass is 19.3. The number of carbonyl (C=O) groups is 4. The Morgan fingerprint density at radius 3 is 2.35 bits per heavy atom. The largest absolute Gasteiger partial charge is 0.495 e. The molecule has 16 heteroatoms. The van der Waals surface area contributed by atoms with Crippen LogP contribution in [0.1, 0.15) is 86.0 Å². The van der Waals surface area contributed by atoms with Crippen molar-refractivity contribution in [1.82, 2.24) is 25.5 Å². The Labute approximate surface area is 349 Å². The van der Waals surface area contributed by atoms with Crippen molar-refractivity contribution >= 4 is 52.5 Å². The molecule has 1 saturated carbocycles. The molecule has 1 atom stereocenters. The number of ether oxygens (including phenoxy) is 1. The van der Waals surface area contributed by atoms with E-state index in [1.165, 1.54) is 26.0 Å². The van der Waals surface area contributed by atoms with Crippen LogP contribution in [-0.2, 0) is 14.4 Å². The summed E-state index contributed by atoms with van der Waals surface area (Å²) in [7, 11) is 2.83. The van der Waals surface area contributed by atoms with Gasteiger partial charge in [0.25, 0.3) is 11.8 Å². The lowest BCUT2D eigenvalue weighted by molar-refractivity contribution is -0.140. The molecule has 8 rings (SSSR count). The molecule has 4 aliphatic heterocycles. The summed E-state index contributed by atoms with van der Waals surface area (Å²) in [6.07, 6.45) is 9.97. The normalized spacial score (nSPS) is 22.0. The maximum Gasteiger partial charge on any atom is 0.342 e. The van der Waals surface area contributed by atoms with E-state index in [2.05, 4.69) is 47.9 Å². The number of likely N-dealkylation sites (tertiary alicyclic amines) is 1. The summed E-state index contributed by atoms with van der Waals surface area (Å²) < 4.78 is 35.7. The van der Waals surface area contributed by atoms with Crippen LogP contribution >= 0.6 is 0 Å². The number of hydrogen-bond acceptors (Lipinski definition) is 11. The quantitative estimate of drug-likeness (QED) is 0.211. The molecule has 4 fully saturated rings. The second kappa shape index (κ2) is 17.7. The van der Waals surface area contributed by atoms with Crippen molar-refractivity contribution in [1.29, 1.82) is 0 Å². The average Bonchev–Trinajstić information content (AvgIpc) is 3.78. The van der Waals surface area contributed by atoms with Crippen LogP contribution in [0.3, 0.4) is 0 Å². The van der Waals surface area contributed by atoms with Gasteiger partial charge in [-0.25, -0.2) is 4.98 Å². The van der Waals surface area contributed by atoms with Gasteiger partial charge >= 0.3 is 5.92 Å². The summed E-state index contributed by atoms with van der Waals surface area (Å²) in [6.45, 7) is 4.95. The van der Waals surface area contributed by atoms with Gasteiger partial charge in [0.05, 0.1) is 31.5 Å². The van der Waals surface area contributed by atoms with Crippen molar-refractivity contribution in [3.63, 3.8) is 0 Å². The molecular formula is C44H55F2N9O5. The molecule has 3 saturated heterocycles. The Bertz CT molecular complexity index is 2060. The summed E-state index contributed by atoms with van der Waals surface area (Å²) in [4.78, 5) is 66.3. The average molecular weight is 828 g/mol. The van der Waals surface area contributed by atoms with Gasteiger partial charge in [0.1, 0.15) is 11.4 Å². The molecule has 14 nitrogen and oxygen atoms in total. The first kappa shape index (κ1) is 41.4. The molecule has 1 aliphatic carbocycles. The third-order valence-corrected chi connectivity index (χ3v) is 13.1. The van der Waals surface area contributed by atoms with Gasteiger partial charge in [0.2, 0.25) is 17.8 Å². The molecule has 0 spiro atoms. The Balaban J connectivity index is 0.796. The van der Waals surface area contributed by atoms with E-state index in [-0.39, 0.29) is 47.1 Å². The number of carbonyl (C=O) groups excluding carboxylic acids is 4. The fourth-order valence-corrected chi connectivity index (χ4v) is 9.54. The monoisotopic (exact) mass is 827 g/mol. The van der Waals surface area contributed by atoms with Crippen LogP contribution in [0.25, 0.3) is 0 Å². The third-order valence-electron chi connectivity index (χ3n) is 13.1. The summed E-state index contributed by atoms with van der Waals surface area (Å²) in [6, 6.07) is 13.2. The van der Waals surface area contributed by atoms with E-state index in [4.69, 9.17) is 4.74 Å². The molecular weight excluding hydrogens is 773 g/mol. The third kappa shape index (κ3) is 9.03. The SMILES string of the molecule is COc1cc(C(=O)NCC2CCN(CC3CCN(c4ccc(C5CCC(=O)NC5=O)cc4)CC3)CC2)ccc1Nc1ncc2c(n1)N(C1CCCC1)CC(F)(F)C(=O)N2C. The molecule has 5 heterocycles. The molecule has 5 aliphatic rings. The number of halogens is 2. The minimum Gasteiger partial charge on any atom is -0.495 e. The number of hydrogen-bond donors (Lipinski definition) is 3. The van der Waals surface area contributed by atoms with E-state index in [0.717, 1.165) is 94.6 Å². The second-order valence-electron chi connectivity index (χ2n) is 17.1. The highest BCUT2D eigenvalue weighted by molar-refractivity contribution is 6.02. The maximum absolute atomic E-state index is 15.0. The van der Waals surface area contributed by atoms with Gasteiger partial charge in [-0.2, -0.15) is 13.8 Å². The van der Waals surface area contributed by atoms with Crippen LogP contribution in [0.5, 0.6) is 5.75 Å². The number of alkyl halides is 2. The van der Waals surface area contributed by atoms with Crippen LogP contribution in [0.15, 0.2) is 48.7 Å². The van der Waals surface area contributed by atoms with Gasteiger partial charge in [0, 0.05) is 56.9 Å². The summed E-state index contributed by atoms with van der Waals surface area (Å²) >= 11 is 0.